The molecule has 2 aromatic carbocycles. The lowest BCUT2D eigenvalue weighted by atomic mass is 9.95. The molecule has 1 aromatic heterocycles. The number of urea groups is 1. The standard InChI is InChI=1S/C23H23F3N4O2/c1-15-5-2-3-7-19(15)21-28-20(32-29-21)13-16-6-4-12-30(14-16)22(31)27-18-10-8-17(9-11-18)23(24,25)26/h2-3,5,7-11,16H,4,6,12-14H2,1H3,(H,27,31)/t16-/m1/s1. The van der Waals surface area contributed by atoms with Gasteiger partial charge in [0, 0.05) is 30.8 Å². The van der Waals surface area contributed by atoms with Crippen molar-refractivity contribution < 1.29 is 22.5 Å². The Morgan fingerprint density at radius 2 is 1.94 bits per heavy atom. The zero-order valence-corrected chi connectivity index (χ0v) is 17.5. The number of aromatic nitrogens is 2. The summed E-state index contributed by atoms with van der Waals surface area (Å²) >= 11 is 0. The predicted molar refractivity (Wildman–Crippen MR) is 113 cm³/mol. The highest BCUT2D eigenvalue weighted by atomic mass is 19.4. The number of hydrogen-bond acceptors (Lipinski definition) is 4. The van der Waals surface area contributed by atoms with E-state index in [4.69, 9.17) is 4.52 Å². The van der Waals surface area contributed by atoms with Gasteiger partial charge in [0.15, 0.2) is 0 Å². The van der Waals surface area contributed by atoms with Gasteiger partial charge in [-0.2, -0.15) is 18.2 Å². The number of benzene rings is 2. The van der Waals surface area contributed by atoms with Gasteiger partial charge in [-0.15, -0.1) is 0 Å². The largest absolute Gasteiger partial charge is 0.416 e. The van der Waals surface area contributed by atoms with Crippen molar-refractivity contribution >= 4 is 11.7 Å². The van der Waals surface area contributed by atoms with Crippen LogP contribution in [0.15, 0.2) is 53.1 Å². The molecule has 2 amide bonds. The Balaban J connectivity index is 1.35. The summed E-state index contributed by atoms with van der Waals surface area (Å²) < 4.78 is 43.5. The smallest absolute Gasteiger partial charge is 0.339 e. The first-order valence-corrected chi connectivity index (χ1v) is 10.4. The van der Waals surface area contributed by atoms with Gasteiger partial charge < -0.3 is 14.7 Å². The summed E-state index contributed by atoms with van der Waals surface area (Å²) in [6.45, 7) is 3.08. The maximum absolute atomic E-state index is 12.7. The number of piperidine rings is 1. The second-order valence-corrected chi connectivity index (χ2v) is 7.99. The molecular formula is C23H23F3N4O2. The highest BCUT2D eigenvalue weighted by Crippen LogP contribution is 2.30. The number of aryl methyl sites for hydroxylation is 1. The van der Waals surface area contributed by atoms with Crippen LogP contribution in [0.4, 0.5) is 23.7 Å². The number of alkyl halides is 3. The number of carbonyl (C=O) groups excluding carboxylic acids is 1. The molecule has 32 heavy (non-hydrogen) atoms. The number of anilines is 1. The lowest BCUT2D eigenvalue weighted by molar-refractivity contribution is -0.137. The minimum absolute atomic E-state index is 0.160. The molecular weight excluding hydrogens is 421 g/mol. The minimum atomic E-state index is -4.41. The van der Waals surface area contributed by atoms with Crippen molar-refractivity contribution in [2.45, 2.75) is 32.4 Å². The first-order chi connectivity index (χ1) is 15.3. The molecule has 0 radical (unpaired) electrons. The molecule has 1 atom stereocenters. The fraction of sp³-hybridized carbons (Fsp3) is 0.348. The van der Waals surface area contributed by atoms with Crippen LogP contribution >= 0.6 is 0 Å². The molecule has 1 aliphatic rings. The van der Waals surface area contributed by atoms with Crippen molar-refractivity contribution in [3.05, 3.63) is 65.5 Å². The summed E-state index contributed by atoms with van der Waals surface area (Å²) in [5.41, 5.74) is 1.55. The van der Waals surface area contributed by atoms with Crippen LogP contribution in [0.1, 0.15) is 29.9 Å². The normalized spacial score (nSPS) is 16.8. The summed E-state index contributed by atoms with van der Waals surface area (Å²) in [6.07, 6.45) is -2.10. The molecule has 6 nitrogen and oxygen atoms in total. The quantitative estimate of drug-likeness (QED) is 0.573. The molecule has 0 spiro atoms. The molecule has 3 aromatic rings. The van der Waals surface area contributed by atoms with Gasteiger partial charge in [0.25, 0.3) is 0 Å². The van der Waals surface area contributed by atoms with E-state index in [0.29, 0.717) is 36.9 Å². The van der Waals surface area contributed by atoms with Gasteiger partial charge in [0.05, 0.1) is 5.56 Å². The van der Waals surface area contributed by atoms with Crippen LogP contribution in [0, 0.1) is 12.8 Å². The third kappa shape index (κ3) is 5.09. The van der Waals surface area contributed by atoms with Gasteiger partial charge >= 0.3 is 12.2 Å². The zero-order chi connectivity index (χ0) is 22.7. The van der Waals surface area contributed by atoms with E-state index in [9.17, 15) is 18.0 Å². The Bertz CT molecular complexity index is 1080. The van der Waals surface area contributed by atoms with E-state index < -0.39 is 11.7 Å². The number of halogens is 3. The van der Waals surface area contributed by atoms with E-state index in [1.54, 1.807) is 4.90 Å². The third-order valence-electron chi connectivity index (χ3n) is 5.59. The molecule has 9 heteroatoms. The highest BCUT2D eigenvalue weighted by molar-refractivity contribution is 5.89. The van der Waals surface area contributed by atoms with Crippen LogP contribution in [-0.4, -0.2) is 34.2 Å². The topological polar surface area (TPSA) is 71.3 Å². The number of rotatable bonds is 4. The maximum Gasteiger partial charge on any atom is 0.416 e. The molecule has 0 saturated carbocycles. The summed E-state index contributed by atoms with van der Waals surface area (Å²) in [5, 5.41) is 6.76. The Morgan fingerprint density at radius 1 is 1.19 bits per heavy atom. The van der Waals surface area contributed by atoms with Crippen molar-refractivity contribution in [3.8, 4) is 11.4 Å². The van der Waals surface area contributed by atoms with Gasteiger partial charge in [-0.05, 0) is 55.5 Å². The summed E-state index contributed by atoms with van der Waals surface area (Å²) in [5.74, 6) is 1.23. The van der Waals surface area contributed by atoms with Crippen LogP contribution in [0.5, 0.6) is 0 Å². The van der Waals surface area contributed by atoms with Crippen molar-refractivity contribution in [2.24, 2.45) is 5.92 Å². The van der Waals surface area contributed by atoms with Crippen LogP contribution in [0.2, 0.25) is 0 Å². The molecule has 168 valence electrons. The highest BCUT2D eigenvalue weighted by Gasteiger charge is 2.30. The fourth-order valence-electron chi connectivity index (χ4n) is 3.88. The van der Waals surface area contributed by atoms with Crippen LogP contribution in [-0.2, 0) is 12.6 Å². The zero-order valence-electron chi connectivity index (χ0n) is 17.5. The molecule has 1 fully saturated rings. The van der Waals surface area contributed by atoms with Crippen LogP contribution in [0.25, 0.3) is 11.4 Å². The molecule has 0 aliphatic carbocycles. The average Bonchev–Trinajstić information content (AvgIpc) is 3.22. The second-order valence-electron chi connectivity index (χ2n) is 7.99. The van der Waals surface area contributed by atoms with Gasteiger partial charge in [-0.25, -0.2) is 4.79 Å². The van der Waals surface area contributed by atoms with E-state index >= 15 is 0 Å². The summed E-state index contributed by atoms with van der Waals surface area (Å²) in [6, 6.07) is 11.9. The van der Waals surface area contributed by atoms with Crippen molar-refractivity contribution in [2.75, 3.05) is 18.4 Å². The van der Waals surface area contributed by atoms with Gasteiger partial charge in [0.2, 0.25) is 11.7 Å². The average molecular weight is 444 g/mol. The molecule has 0 unspecified atom stereocenters. The SMILES string of the molecule is Cc1ccccc1-c1noc(C[C@H]2CCCN(C(=O)Nc3ccc(C(F)(F)F)cc3)C2)n1. The lowest BCUT2D eigenvalue weighted by Crippen LogP contribution is -2.42. The Labute approximate surface area is 183 Å². The first-order valence-electron chi connectivity index (χ1n) is 10.4. The summed E-state index contributed by atoms with van der Waals surface area (Å²) in [4.78, 5) is 18.8. The molecule has 1 saturated heterocycles. The van der Waals surface area contributed by atoms with Crippen molar-refractivity contribution in [3.63, 3.8) is 0 Å². The number of carbonyl (C=O) groups is 1. The Hall–Kier alpha value is -3.36. The second kappa shape index (κ2) is 9.02. The van der Waals surface area contributed by atoms with Crippen LogP contribution < -0.4 is 5.32 Å². The predicted octanol–water partition coefficient (Wildman–Crippen LogP) is 5.55. The Kier molecular flexibility index (Phi) is 6.16. The Morgan fingerprint density at radius 3 is 2.66 bits per heavy atom. The van der Waals surface area contributed by atoms with Gasteiger partial charge in [-0.3, -0.25) is 0 Å². The van der Waals surface area contributed by atoms with E-state index in [1.165, 1.54) is 12.1 Å². The van der Waals surface area contributed by atoms with E-state index in [2.05, 4.69) is 15.5 Å². The molecule has 1 N–H and O–H groups in total. The fourth-order valence-corrected chi connectivity index (χ4v) is 3.88. The monoisotopic (exact) mass is 444 g/mol. The van der Waals surface area contributed by atoms with Crippen LogP contribution in [0.3, 0.4) is 0 Å². The third-order valence-corrected chi connectivity index (χ3v) is 5.59. The molecule has 2 heterocycles. The minimum Gasteiger partial charge on any atom is -0.339 e. The lowest BCUT2D eigenvalue weighted by Gasteiger charge is -2.32. The maximum atomic E-state index is 12.7. The number of nitrogens with zero attached hydrogens (tertiary/aromatic N) is 3. The van der Waals surface area contributed by atoms with E-state index in [0.717, 1.165) is 36.1 Å². The number of nitrogens with one attached hydrogen (secondary N) is 1. The number of likely N-dealkylation sites (tertiary alicyclic amines) is 1. The van der Waals surface area contributed by atoms with Crippen molar-refractivity contribution in [1.29, 1.82) is 0 Å². The van der Waals surface area contributed by atoms with Crippen molar-refractivity contribution in [1.82, 2.24) is 15.0 Å². The van der Waals surface area contributed by atoms with Gasteiger partial charge in [-0.1, -0.05) is 29.4 Å². The van der Waals surface area contributed by atoms with E-state index in [1.807, 2.05) is 31.2 Å². The van der Waals surface area contributed by atoms with Gasteiger partial charge in [0.1, 0.15) is 0 Å². The molecule has 1 aliphatic heterocycles. The molecule has 4 rings (SSSR count). The van der Waals surface area contributed by atoms with E-state index in [-0.39, 0.29) is 11.9 Å². The molecule has 0 bridgehead atoms. The number of hydrogen-bond donors (Lipinski definition) is 1. The number of amides is 2. The first kappa shape index (κ1) is 21.9. The summed E-state index contributed by atoms with van der Waals surface area (Å²) in [7, 11) is 0.